The van der Waals surface area contributed by atoms with Gasteiger partial charge >= 0.3 is 0 Å². The van der Waals surface area contributed by atoms with Gasteiger partial charge in [-0.3, -0.25) is 9.59 Å². The van der Waals surface area contributed by atoms with Gasteiger partial charge in [-0.1, -0.05) is 29.8 Å². The molecule has 1 unspecified atom stereocenters. The van der Waals surface area contributed by atoms with E-state index in [0.29, 0.717) is 18.0 Å². The molecule has 1 heterocycles. The van der Waals surface area contributed by atoms with Crippen molar-refractivity contribution in [1.82, 2.24) is 10.2 Å². The van der Waals surface area contributed by atoms with Crippen LogP contribution in [-0.4, -0.2) is 34.8 Å². The molecule has 0 spiro atoms. The average Bonchev–Trinajstić information content (AvgIpc) is 2.73. The van der Waals surface area contributed by atoms with Crippen LogP contribution >= 0.6 is 11.6 Å². The maximum absolute atomic E-state index is 12.1. The Morgan fingerprint density at radius 1 is 1.38 bits per heavy atom. The Morgan fingerprint density at radius 2 is 2.05 bits per heavy atom. The van der Waals surface area contributed by atoms with E-state index in [1.807, 2.05) is 43.9 Å². The van der Waals surface area contributed by atoms with Gasteiger partial charge in [0.25, 0.3) is 0 Å². The minimum Gasteiger partial charge on any atom is -0.351 e. The van der Waals surface area contributed by atoms with Crippen LogP contribution in [0.2, 0.25) is 5.02 Å². The molecule has 1 aromatic carbocycles. The average molecular weight is 309 g/mol. The van der Waals surface area contributed by atoms with Gasteiger partial charge in [0.2, 0.25) is 11.8 Å². The van der Waals surface area contributed by atoms with E-state index in [2.05, 4.69) is 5.32 Å². The van der Waals surface area contributed by atoms with Crippen LogP contribution in [0.25, 0.3) is 0 Å². The molecular formula is C16H21ClN2O2. The summed E-state index contributed by atoms with van der Waals surface area (Å²) in [5.74, 6) is -0.0118. The Kier molecular flexibility index (Phi) is 4.57. The van der Waals surface area contributed by atoms with E-state index >= 15 is 0 Å². The molecule has 1 aliphatic rings. The number of halogens is 1. The summed E-state index contributed by atoms with van der Waals surface area (Å²) in [6.45, 7) is 6.56. The smallest absolute Gasteiger partial charge is 0.225 e. The Morgan fingerprint density at radius 3 is 2.62 bits per heavy atom. The van der Waals surface area contributed by atoms with Gasteiger partial charge in [0.15, 0.2) is 0 Å². The van der Waals surface area contributed by atoms with Gasteiger partial charge < -0.3 is 10.2 Å². The molecule has 5 heteroatoms. The molecule has 1 fully saturated rings. The number of carbonyl (C=O) groups is 2. The predicted molar refractivity (Wildman–Crippen MR) is 83.2 cm³/mol. The van der Waals surface area contributed by atoms with E-state index in [0.717, 1.165) is 5.56 Å². The second kappa shape index (κ2) is 6.06. The quantitative estimate of drug-likeness (QED) is 0.932. The summed E-state index contributed by atoms with van der Waals surface area (Å²) >= 11 is 6.05. The lowest BCUT2D eigenvalue weighted by molar-refractivity contribution is -0.131. The maximum atomic E-state index is 12.1. The fourth-order valence-electron chi connectivity index (χ4n) is 2.55. The fraction of sp³-hybridized carbons (Fsp3) is 0.500. The normalized spacial score (nSPS) is 19.0. The number of hydrogen-bond donors (Lipinski definition) is 1. The summed E-state index contributed by atoms with van der Waals surface area (Å²) in [5.41, 5.74) is 0.591. The van der Waals surface area contributed by atoms with Crippen LogP contribution in [0.4, 0.5) is 0 Å². The van der Waals surface area contributed by atoms with E-state index < -0.39 is 0 Å². The van der Waals surface area contributed by atoms with Gasteiger partial charge in [-0.25, -0.2) is 0 Å². The Bertz CT molecular complexity index is 551. The Balaban J connectivity index is 1.93. The van der Waals surface area contributed by atoms with Gasteiger partial charge in [-0.05, 0) is 32.4 Å². The van der Waals surface area contributed by atoms with Crippen LogP contribution in [0.3, 0.4) is 0 Å². The van der Waals surface area contributed by atoms with Crippen LogP contribution in [-0.2, 0) is 16.0 Å². The number of hydrogen-bond acceptors (Lipinski definition) is 2. The molecule has 0 aliphatic carbocycles. The fourth-order valence-corrected chi connectivity index (χ4v) is 2.75. The molecule has 1 N–H and O–H groups in total. The summed E-state index contributed by atoms with van der Waals surface area (Å²) in [6.07, 6.45) is 0.603. The molecule has 2 rings (SSSR count). The summed E-state index contributed by atoms with van der Waals surface area (Å²) in [5, 5.41) is 3.52. The highest BCUT2D eigenvalue weighted by Gasteiger charge is 2.36. The third kappa shape index (κ3) is 3.97. The molecule has 1 aromatic rings. The maximum Gasteiger partial charge on any atom is 0.225 e. The van der Waals surface area contributed by atoms with E-state index in [-0.39, 0.29) is 29.8 Å². The second-order valence-corrected chi connectivity index (χ2v) is 6.82. The molecule has 0 radical (unpaired) electrons. The lowest BCUT2D eigenvalue weighted by atomic mass is 10.1. The first kappa shape index (κ1) is 15.8. The van der Waals surface area contributed by atoms with E-state index in [4.69, 9.17) is 11.6 Å². The van der Waals surface area contributed by atoms with Crippen molar-refractivity contribution in [2.75, 3.05) is 6.54 Å². The van der Waals surface area contributed by atoms with Crippen molar-refractivity contribution in [3.05, 3.63) is 34.9 Å². The third-order valence-corrected chi connectivity index (χ3v) is 3.98. The van der Waals surface area contributed by atoms with Crippen molar-refractivity contribution in [2.24, 2.45) is 0 Å². The van der Waals surface area contributed by atoms with Gasteiger partial charge in [-0.15, -0.1) is 0 Å². The molecule has 0 saturated carbocycles. The topological polar surface area (TPSA) is 49.4 Å². The standard InChI is InChI=1S/C16H21ClN2O2/c1-16(2,3)19-10-12(9-15(19)21)18-14(20)8-11-6-4-5-7-13(11)17/h4-7,12H,8-10H2,1-3H3,(H,18,20). The van der Waals surface area contributed by atoms with Crippen molar-refractivity contribution >= 4 is 23.4 Å². The van der Waals surface area contributed by atoms with Crippen molar-refractivity contribution in [3.8, 4) is 0 Å². The number of rotatable bonds is 3. The van der Waals surface area contributed by atoms with Gasteiger partial charge in [0.1, 0.15) is 0 Å². The van der Waals surface area contributed by atoms with E-state index in [9.17, 15) is 9.59 Å². The van der Waals surface area contributed by atoms with Crippen LogP contribution in [0.15, 0.2) is 24.3 Å². The highest BCUT2D eigenvalue weighted by molar-refractivity contribution is 6.31. The van der Waals surface area contributed by atoms with Crippen LogP contribution < -0.4 is 5.32 Å². The number of nitrogens with one attached hydrogen (secondary N) is 1. The van der Waals surface area contributed by atoms with Crippen molar-refractivity contribution < 1.29 is 9.59 Å². The molecule has 4 nitrogen and oxygen atoms in total. The number of benzene rings is 1. The summed E-state index contributed by atoms with van der Waals surface area (Å²) in [6, 6.07) is 7.18. The Hall–Kier alpha value is -1.55. The zero-order chi connectivity index (χ0) is 15.6. The van der Waals surface area contributed by atoms with Gasteiger partial charge in [0, 0.05) is 23.5 Å². The molecule has 0 aromatic heterocycles. The Labute approximate surface area is 130 Å². The molecule has 21 heavy (non-hydrogen) atoms. The molecular weight excluding hydrogens is 288 g/mol. The third-order valence-electron chi connectivity index (χ3n) is 3.61. The molecule has 1 aliphatic heterocycles. The van der Waals surface area contributed by atoms with Crippen molar-refractivity contribution in [1.29, 1.82) is 0 Å². The van der Waals surface area contributed by atoms with Gasteiger partial charge in [0.05, 0.1) is 12.5 Å². The summed E-state index contributed by atoms with van der Waals surface area (Å²) < 4.78 is 0. The van der Waals surface area contributed by atoms with Crippen molar-refractivity contribution in [3.63, 3.8) is 0 Å². The zero-order valence-corrected chi connectivity index (χ0v) is 13.4. The zero-order valence-electron chi connectivity index (χ0n) is 12.6. The van der Waals surface area contributed by atoms with Crippen LogP contribution in [0.1, 0.15) is 32.8 Å². The summed E-state index contributed by atoms with van der Waals surface area (Å²) in [7, 11) is 0. The molecule has 114 valence electrons. The predicted octanol–water partition coefficient (Wildman–Crippen LogP) is 2.40. The number of amides is 2. The number of carbonyl (C=O) groups excluding carboxylic acids is 2. The molecule has 0 bridgehead atoms. The second-order valence-electron chi connectivity index (χ2n) is 6.41. The first-order chi connectivity index (χ1) is 9.77. The highest BCUT2D eigenvalue weighted by atomic mass is 35.5. The van der Waals surface area contributed by atoms with E-state index in [1.54, 1.807) is 6.07 Å². The number of nitrogens with zero attached hydrogens (tertiary/aromatic N) is 1. The van der Waals surface area contributed by atoms with Crippen LogP contribution in [0.5, 0.6) is 0 Å². The first-order valence-electron chi connectivity index (χ1n) is 7.10. The molecule has 2 amide bonds. The van der Waals surface area contributed by atoms with Gasteiger partial charge in [-0.2, -0.15) is 0 Å². The van der Waals surface area contributed by atoms with E-state index in [1.165, 1.54) is 0 Å². The highest BCUT2D eigenvalue weighted by Crippen LogP contribution is 2.22. The minimum absolute atomic E-state index is 0.0885. The number of likely N-dealkylation sites (tertiary alicyclic amines) is 1. The monoisotopic (exact) mass is 308 g/mol. The minimum atomic E-state index is -0.209. The SMILES string of the molecule is CC(C)(C)N1CC(NC(=O)Cc2ccccc2Cl)CC1=O. The van der Waals surface area contributed by atoms with Crippen molar-refractivity contribution in [2.45, 2.75) is 45.2 Å². The lowest BCUT2D eigenvalue weighted by Crippen LogP contribution is -2.44. The molecule has 1 saturated heterocycles. The lowest BCUT2D eigenvalue weighted by Gasteiger charge is -2.32. The summed E-state index contributed by atoms with van der Waals surface area (Å²) in [4.78, 5) is 25.9. The first-order valence-corrected chi connectivity index (χ1v) is 7.48. The van der Waals surface area contributed by atoms with Crippen LogP contribution in [0, 0.1) is 0 Å². The largest absolute Gasteiger partial charge is 0.351 e. The molecule has 1 atom stereocenters.